The summed E-state index contributed by atoms with van der Waals surface area (Å²) in [6.45, 7) is 3.78. The Hall–Kier alpha value is -1.32. The average molecular weight is 392 g/mol. The lowest BCUT2D eigenvalue weighted by Crippen LogP contribution is -2.49. The van der Waals surface area contributed by atoms with Gasteiger partial charge >= 0.3 is 13.8 Å². The van der Waals surface area contributed by atoms with Crippen LogP contribution >= 0.6 is 19.2 Å². The summed E-state index contributed by atoms with van der Waals surface area (Å²) in [6, 6.07) is 0. The first-order valence-corrected chi connectivity index (χ1v) is 9.89. The Balaban J connectivity index is 1.78. The summed E-state index contributed by atoms with van der Waals surface area (Å²) < 4.78 is 32.1. The number of nitrogens with one attached hydrogen (secondary N) is 1. The van der Waals surface area contributed by atoms with Gasteiger partial charge in [-0.2, -0.15) is 0 Å². The van der Waals surface area contributed by atoms with Gasteiger partial charge in [-0.3, -0.25) is 28.1 Å². The minimum Gasteiger partial charge on any atom is -0.460 e. The van der Waals surface area contributed by atoms with Gasteiger partial charge in [-0.15, -0.1) is 11.3 Å². The third kappa shape index (κ3) is 5.58. The number of esters is 1. The van der Waals surface area contributed by atoms with E-state index in [0.29, 0.717) is 0 Å². The second-order valence-electron chi connectivity index (χ2n) is 6.05. The van der Waals surface area contributed by atoms with E-state index < -0.39 is 31.2 Å². The van der Waals surface area contributed by atoms with Crippen molar-refractivity contribution < 1.29 is 32.5 Å². The lowest BCUT2D eigenvalue weighted by atomic mass is 9.87. The van der Waals surface area contributed by atoms with Crippen LogP contribution in [0.2, 0.25) is 0 Å². The average Bonchev–Trinajstić information content (AvgIpc) is 3.09. The van der Waals surface area contributed by atoms with E-state index in [9.17, 15) is 14.2 Å². The van der Waals surface area contributed by atoms with E-state index in [1.807, 2.05) is 0 Å². The van der Waals surface area contributed by atoms with Gasteiger partial charge in [0.1, 0.15) is 6.61 Å². The Morgan fingerprint density at radius 2 is 2.28 bits per heavy atom. The van der Waals surface area contributed by atoms with Crippen molar-refractivity contribution in [2.24, 2.45) is 5.41 Å². The zero-order valence-corrected chi connectivity index (χ0v) is 15.9. The minimum atomic E-state index is -3.73. The molecular formula is C14H21N2O7PS. The van der Waals surface area contributed by atoms with Gasteiger partial charge in [-0.1, -0.05) is 13.8 Å². The summed E-state index contributed by atoms with van der Waals surface area (Å²) in [5, 5.41) is 2.59. The number of phosphoric acid groups is 1. The summed E-state index contributed by atoms with van der Waals surface area (Å²) in [6.07, 6.45) is 0.620. The molecule has 2 heterocycles. The van der Waals surface area contributed by atoms with Gasteiger partial charge in [0.25, 0.3) is 0 Å². The van der Waals surface area contributed by atoms with Crippen molar-refractivity contribution >= 4 is 31.0 Å². The van der Waals surface area contributed by atoms with E-state index in [1.54, 1.807) is 25.6 Å². The van der Waals surface area contributed by atoms with Crippen LogP contribution in [-0.4, -0.2) is 43.2 Å². The fourth-order valence-electron chi connectivity index (χ4n) is 2.04. The lowest BCUT2D eigenvalue weighted by molar-refractivity contribution is -0.145. The van der Waals surface area contributed by atoms with Gasteiger partial charge in [-0.25, -0.2) is 4.57 Å². The maximum atomic E-state index is 12.3. The minimum absolute atomic E-state index is 0.0101. The monoisotopic (exact) mass is 392 g/mol. The first-order valence-electron chi connectivity index (χ1n) is 7.55. The van der Waals surface area contributed by atoms with Crippen LogP contribution in [0, 0.1) is 5.41 Å². The van der Waals surface area contributed by atoms with Gasteiger partial charge < -0.3 is 10.1 Å². The number of rotatable bonds is 7. The molecule has 0 spiro atoms. The van der Waals surface area contributed by atoms with E-state index in [-0.39, 0.29) is 26.2 Å². The first-order chi connectivity index (χ1) is 11.8. The molecule has 0 aliphatic carbocycles. The van der Waals surface area contributed by atoms with Crippen LogP contribution in [0.25, 0.3) is 0 Å². The van der Waals surface area contributed by atoms with Gasteiger partial charge in [0, 0.05) is 25.3 Å². The topological polar surface area (TPSA) is 113 Å². The second-order valence-corrected chi connectivity index (χ2v) is 8.75. The van der Waals surface area contributed by atoms with Crippen LogP contribution in [0.1, 0.15) is 25.1 Å². The normalized spacial score (nSPS) is 25.3. The molecule has 140 valence electrons. The zero-order valence-electron chi connectivity index (χ0n) is 14.2. The van der Waals surface area contributed by atoms with Crippen molar-refractivity contribution in [1.82, 2.24) is 10.3 Å². The molecule has 2 atom stereocenters. The standard InChI is InChI=1S/C14H21N2O7PS/c1-14(2)8-22-24(19,20-3)23-12(14)13(18)16-5-4-11(17)21-7-10-6-15-9-25-10/h6,9,12H,4-5,7-8H2,1-3H3,(H,16,18)/t12-,24?/m0/s1. The SMILES string of the molecule is COP1(=O)OCC(C)(C)[C@H](C(=O)NCCC(=O)OCc2cncs2)O1. The molecule has 1 aromatic rings. The number of amides is 1. The fourth-order valence-corrected chi connectivity index (χ4v) is 3.93. The molecule has 1 fully saturated rings. The van der Waals surface area contributed by atoms with E-state index in [0.717, 1.165) is 4.88 Å². The van der Waals surface area contributed by atoms with Crippen molar-refractivity contribution in [3.05, 3.63) is 16.6 Å². The van der Waals surface area contributed by atoms with E-state index in [4.69, 9.17) is 18.3 Å². The van der Waals surface area contributed by atoms with Crippen LogP contribution in [0.15, 0.2) is 11.7 Å². The number of thiazole rings is 1. The molecule has 25 heavy (non-hydrogen) atoms. The smallest absolute Gasteiger partial charge is 0.460 e. The number of phosphoric ester groups is 1. The number of nitrogens with zero attached hydrogens (tertiary/aromatic N) is 1. The predicted octanol–water partition coefficient (Wildman–Crippen LogP) is 1.89. The Bertz CT molecular complexity index is 650. The van der Waals surface area contributed by atoms with Crippen LogP contribution in [0.3, 0.4) is 0 Å². The van der Waals surface area contributed by atoms with E-state index >= 15 is 0 Å². The molecule has 1 aliphatic rings. The van der Waals surface area contributed by atoms with Gasteiger partial charge in [0.15, 0.2) is 6.10 Å². The summed E-state index contributed by atoms with van der Waals surface area (Å²) in [7, 11) is -2.54. The maximum absolute atomic E-state index is 12.3. The van der Waals surface area contributed by atoms with Crippen molar-refractivity contribution in [2.75, 3.05) is 20.3 Å². The molecule has 0 bridgehead atoms. The summed E-state index contributed by atoms with van der Waals surface area (Å²) in [5.41, 5.74) is 0.959. The van der Waals surface area contributed by atoms with Gasteiger partial charge in [0.05, 0.1) is 23.4 Å². The first kappa shape index (κ1) is 20.0. The Labute approximate surface area is 149 Å². The number of carbonyl (C=O) groups excluding carboxylic acids is 2. The number of aromatic nitrogens is 1. The molecule has 1 N–H and O–H groups in total. The molecule has 1 unspecified atom stereocenters. The molecule has 2 rings (SSSR count). The molecular weight excluding hydrogens is 371 g/mol. The van der Waals surface area contributed by atoms with Gasteiger partial charge in [-0.05, 0) is 0 Å². The molecule has 0 aromatic carbocycles. The summed E-state index contributed by atoms with van der Waals surface area (Å²) >= 11 is 1.39. The van der Waals surface area contributed by atoms with Crippen LogP contribution in [0.5, 0.6) is 0 Å². The highest BCUT2D eigenvalue weighted by Crippen LogP contribution is 2.56. The summed E-state index contributed by atoms with van der Waals surface area (Å²) in [4.78, 5) is 28.7. The lowest BCUT2D eigenvalue weighted by Gasteiger charge is -2.39. The van der Waals surface area contributed by atoms with Gasteiger partial charge in [0.2, 0.25) is 5.91 Å². The highest BCUT2D eigenvalue weighted by atomic mass is 32.1. The predicted molar refractivity (Wildman–Crippen MR) is 88.8 cm³/mol. The second kappa shape index (κ2) is 8.37. The van der Waals surface area contributed by atoms with Crippen molar-refractivity contribution in [3.8, 4) is 0 Å². The molecule has 11 heteroatoms. The third-order valence-electron chi connectivity index (χ3n) is 3.49. The number of ether oxygens (including phenoxy) is 1. The molecule has 1 amide bonds. The van der Waals surface area contributed by atoms with E-state index in [1.165, 1.54) is 18.4 Å². The van der Waals surface area contributed by atoms with Crippen molar-refractivity contribution in [1.29, 1.82) is 0 Å². The quantitative estimate of drug-likeness (QED) is 0.553. The zero-order chi connectivity index (χ0) is 18.5. The Morgan fingerprint density at radius 1 is 1.52 bits per heavy atom. The summed E-state index contributed by atoms with van der Waals surface area (Å²) in [5.74, 6) is -0.927. The van der Waals surface area contributed by atoms with Crippen molar-refractivity contribution in [2.45, 2.75) is 33.0 Å². The molecule has 1 aromatic heterocycles. The number of carbonyl (C=O) groups is 2. The molecule has 1 saturated heterocycles. The fraction of sp³-hybridized carbons (Fsp3) is 0.643. The highest BCUT2D eigenvalue weighted by molar-refractivity contribution is 7.48. The number of hydrogen-bond donors (Lipinski definition) is 1. The van der Waals surface area contributed by atoms with E-state index in [2.05, 4.69) is 10.3 Å². The van der Waals surface area contributed by atoms with Crippen LogP contribution in [0.4, 0.5) is 0 Å². The molecule has 1 aliphatic heterocycles. The van der Waals surface area contributed by atoms with Crippen LogP contribution in [-0.2, 0) is 39.1 Å². The van der Waals surface area contributed by atoms with Crippen molar-refractivity contribution in [3.63, 3.8) is 0 Å². The number of hydrogen-bond acceptors (Lipinski definition) is 9. The molecule has 9 nitrogen and oxygen atoms in total. The molecule has 0 radical (unpaired) electrons. The Morgan fingerprint density at radius 3 is 2.92 bits per heavy atom. The van der Waals surface area contributed by atoms with Crippen LogP contribution < -0.4 is 5.32 Å². The molecule has 0 saturated carbocycles. The Kier molecular flexibility index (Phi) is 6.70. The maximum Gasteiger partial charge on any atom is 0.475 e. The largest absolute Gasteiger partial charge is 0.475 e. The highest BCUT2D eigenvalue weighted by Gasteiger charge is 2.48. The third-order valence-corrected chi connectivity index (χ3v) is 5.60.